The Labute approximate surface area is 119 Å². The van der Waals surface area contributed by atoms with Crippen LogP contribution < -0.4 is 10.1 Å². The van der Waals surface area contributed by atoms with Gasteiger partial charge in [-0.05, 0) is 28.9 Å². The van der Waals surface area contributed by atoms with Crippen molar-refractivity contribution in [3.8, 4) is 5.88 Å². The summed E-state index contributed by atoms with van der Waals surface area (Å²) < 4.78 is 7.77. The summed E-state index contributed by atoms with van der Waals surface area (Å²) in [5.74, 6) is 0.487. The molecular formula is C12H15BrN4O2. The molecule has 2 aromatic rings. The van der Waals surface area contributed by atoms with Crippen molar-refractivity contribution in [2.75, 3.05) is 7.11 Å². The van der Waals surface area contributed by atoms with Crippen molar-refractivity contribution in [1.29, 1.82) is 0 Å². The van der Waals surface area contributed by atoms with E-state index in [2.05, 4.69) is 31.3 Å². The van der Waals surface area contributed by atoms with Gasteiger partial charge in [-0.3, -0.25) is 4.79 Å². The lowest BCUT2D eigenvalue weighted by molar-refractivity contribution is 0.0946. The Morgan fingerprint density at radius 3 is 2.95 bits per heavy atom. The number of methoxy groups -OCH3 is 1. The highest BCUT2D eigenvalue weighted by molar-refractivity contribution is 9.10. The Kier molecular flexibility index (Phi) is 3.94. The van der Waals surface area contributed by atoms with Crippen LogP contribution >= 0.6 is 15.9 Å². The van der Waals surface area contributed by atoms with Crippen LogP contribution in [-0.2, 0) is 13.6 Å². The third-order valence-electron chi connectivity index (χ3n) is 2.80. The van der Waals surface area contributed by atoms with Gasteiger partial charge in [-0.15, -0.1) is 0 Å². The Hall–Kier alpha value is -1.76. The van der Waals surface area contributed by atoms with Crippen LogP contribution in [0, 0.1) is 6.92 Å². The molecule has 0 atom stereocenters. The first-order chi connectivity index (χ1) is 9.02. The molecule has 0 aliphatic rings. The minimum Gasteiger partial charge on any atom is -0.481 e. The number of carbonyl (C=O) groups excluding carboxylic acids is 1. The molecule has 0 radical (unpaired) electrons. The van der Waals surface area contributed by atoms with Gasteiger partial charge in [0.05, 0.1) is 24.9 Å². The highest BCUT2D eigenvalue weighted by atomic mass is 79.9. The van der Waals surface area contributed by atoms with Crippen LogP contribution in [0.25, 0.3) is 0 Å². The zero-order valence-corrected chi connectivity index (χ0v) is 12.5. The Morgan fingerprint density at radius 2 is 2.37 bits per heavy atom. The van der Waals surface area contributed by atoms with Crippen molar-refractivity contribution >= 4 is 21.8 Å². The predicted molar refractivity (Wildman–Crippen MR) is 74.2 cm³/mol. The second-order valence-corrected chi connectivity index (χ2v) is 5.03. The number of H-pyrrole nitrogens is 1. The summed E-state index contributed by atoms with van der Waals surface area (Å²) in [6, 6.07) is 1.72. The highest BCUT2D eigenvalue weighted by Crippen LogP contribution is 2.20. The first-order valence-electron chi connectivity index (χ1n) is 5.71. The number of ether oxygens (including phenoxy) is 1. The lowest BCUT2D eigenvalue weighted by Gasteiger charge is -2.06. The van der Waals surface area contributed by atoms with Crippen molar-refractivity contribution in [3.63, 3.8) is 0 Å². The van der Waals surface area contributed by atoms with Gasteiger partial charge in [0.2, 0.25) is 5.88 Å². The summed E-state index contributed by atoms with van der Waals surface area (Å²) in [6.45, 7) is 2.26. The second kappa shape index (κ2) is 5.48. The molecule has 0 bridgehead atoms. The molecular weight excluding hydrogens is 312 g/mol. The summed E-state index contributed by atoms with van der Waals surface area (Å²) in [5.41, 5.74) is 2.23. The van der Waals surface area contributed by atoms with Crippen LogP contribution in [0.5, 0.6) is 5.88 Å². The first-order valence-corrected chi connectivity index (χ1v) is 6.50. The van der Waals surface area contributed by atoms with Crippen LogP contribution in [-0.4, -0.2) is 27.8 Å². The first kappa shape index (κ1) is 13.7. The lowest BCUT2D eigenvalue weighted by atomic mass is 10.2. The number of nitrogens with zero attached hydrogens (tertiary/aromatic N) is 2. The number of rotatable bonds is 4. The molecule has 2 N–H and O–H groups in total. The molecule has 0 spiro atoms. The van der Waals surface area contributed by atoms with Gasteiger partial charge in [0.15, 0.2) is 0 Å². The molecule has 0 aliphatic heterocycles. The predicted octanol–water partition coefficient (Wildman–Crippen LogP) is 1.76. The van der Waals surface area contributed by atoms with Crippen molar-refractivity contribution in [2.24, 2.45) is 7.05 Å². The molecule has 0 unspecified atom stereocenters. The van der Waals surface area contributed by atoms with Gasteiger partial charge < -0.3 is 15.0 Å². The van der Waals surface area contributed by atoms with Crippen molar-refractivity contribution in [3.05, 3.63) is 33.7 Å². The minimum absolute atomic E-state index is 0.170. The molecule has 6 nitrogen and oxygen atoms in total. The lowest BCUT2D eigenvalue weighted by Crippen LogP contribution is -2.23. The van der Waals surface area contributed by atoms with Crippen LogP contribution in [0.15, 0.2) is 16.7 Å². The number of halogens is 1. The van der Waals surface area contributed by atoms with E-state index >= 15 is 0 Å². The average Bonchev–Trinajstić information content (AvgIpc) is 2.90. The van der Waals surface area contributed by atoms with Gasteiger partial charge >= 0.3 is 0 Å². The Balaban J connectivity index is 2.09. The van der Waals surface area contributed by atoms with E-state index in [0.29, 0.717) is 18.1 Å². The fraction of sp³-hybridized carbons (Fsp3) is 0.333. The molecule has 19 heavy (non-hydrogen) atoms. The fourth-order valence-electron chi connectivity index (χ4n) is 1.90. The van der Waals surface area contributed by atoms with Gasteiger partial charge in [0.1, 0.15) is 5.69 Å². The summed E-state index contributed by atoms with van der Waals surface area (Å²) >= 11 is 3.29. The molecule has 0 aliphatic carbocycles. The Morgan fingerprint density at radius 1 is 1.63 bits per heavy atom. The van der Waals surface area contributed by atoms with Gasteiger partial charge in [-0.2, -0.15) is 5.10 Å². The molecule has 0 fully saturated rings. The molecule has 0 aromatic carbocycles. The largest absolute Gasteiger partial charge is 0.481 e. The third kappa shape index (κ3) is 2.81. The molecule has 2 aromatic heterocycles. The van der Waals surface area contributed by atoms with E-state index in [4.69, 9.17) is 4.74 Å². The Bertz CT molecular complexity index is 603. The number of aromatic nitrogens is 3. The van der Waals surface area contributed by atoms with Gasteiger partial charge in [-0.25, -0.2) is 4.68 Å². The van der Waals surface area contributed by atoms with E-state index in [1.165, 1.54) is 0 Å². The molecule has 1 amide bonds. The number of nitrogens with one attached hydrogen (secondary N) is 2. The summed E-state index contributed by atoms with van der Waals surface area (Å²) in [6.07, 6.45) is 1.71. The maximum atomic E-state index is 11.9. The van der Waals surface area contributed by atoms with Crippen molar-refractivity contribution in [1.82, 2.24) is 20.1 Å². The number of amides is 1. The number of aryl methyl sites for hydroxylation is 2. The number of carbonyl (C=O) groups is 1. The SMILES string of the molecule is COc1c(CNC(=O)c2cc(Br)c[nH]2)c(C)nn1C. The molecule has 7 heteroatoms. The van der Waals surface area contributed by atoms with Crippen molar-refractivity contribution < 1.29 is 9.53 Å². The van der Waals surface area contributed by atoms with Gasteiger partial charge in [-0.1, -0.05) is 0 Å². The van der Waals surface area contributed by atoms with Crippen LogP contribution in [0.1, 0.15) is 21.7 Å². The molecule has 2 heterocycles. The zero-order chi connectivity index (χ0) is 14.0. The summed E-state index contributed by atoms with van der Waals surface area (Å²) in [7, 11) is 3.39. The number of hydrogen-bond donors (Lipinski definition) is 2. The van der Waals surface area contributed by atoms with E-state index in [1.54, 1.807) is 31.1 Å². The standard InChI is InChI=1S/C12H15BrN4O2/c1-7-9(12(19-3)17(2)16-7)6-15-11(18)10-4-8(13)5-14-10/h4-5,14H,6H2,1-3H3,(H,15,18). The van der Waals surface area contributed by atoms with Crippen molar-refractivity contribution in [2.45, 2.75) is 13.5 Å². The highest BCUT2D eigenvalue weighted by Gasteiger charge is 2.15. The van der Waals surface area contributed by atoms with Gasteiger partial charge in [0.25, 0.3) is 5.91 Å². The number of hydrogen-bond acceptors (Lipinski definition) is 3. The normalized spacial score (nSPS) is 10.5. The van der Waals surface area contributed by atoms with Crippen LogP contribution in [0.2, 0.25) is 0 Å². The molecule has 0 saturated carbocycles. The third-order valence-corrected chi connectivity index (χ3v) is 3.26. The summed E-state index contributed by atoms with van der Waals surface area (Å²) in [5, 5.41) is 7.09. The van der Waals surface area contributed by atoms with Crippen LogP contribution in [0.4, 0.5) is 0 Å². The topological polar surface area (TPSA) is 71.9 Å². The zero-order valence-electron chi connectivity index (χ0n) is 11.0. The quantitative estimate of drug-likeness (QED) is 0.899. The summed E-state index contributed by atoms with van der Waals surface area (Å²) in [4.78, 5) is 14.8. The van der Waals surface area contributed by atoms with E-state index in [-0.39, 0.29) is 5.91 Å². The maximum absolute atomic E-state index is 11.9. The monoisotopic (exact) mass is 326 g/mol. The van der Waals surface area contributed by atoms with E-state index in [0.717, 1.165) is 15.7 Å². The van der Waals surface area contributed by atoms with E-state index in [1.807, 2.05) is 6.92 Å². The smallest absolute Gasteiger partial charge is 0.268 e. The van der Waals surface area contributed by atoms with Crippen LogP contribution in [0.3, 0.4) is 0 Å². The van der Waals surface area contributed by atoms with E-state index < -0.39 is 0 Å². The maximum Gasteiger partial charge on any atom is 0.268 e. The minimum atomic E-state index is -0.170. The second-order valence-electron chi connectivity index (χ2n) is 4.11. The molecule has 102 valence electrons. The molecule has 0 saturated heterocycles. The molecule has 2 rings (SSSR count). The number of aromatic amines is 1. The van der Waals surface area contributed by atoms with E-state index in [9.17, 15) is 4.79 Å². The fourth-order valence-corrected chi connectivity index (χ4v) is 2.25. The van der Waals surface area contributed by atoms with Gasteiger partial charge in [0, 0.05) is 17.7 Å². The average molecular weight is 327 g/mol.